The highest BCUT2D eigenvalue weighted by atomic mass is 16.5. The minimum absolute atomic E-state index is 0.637. The summed E-state index contributed by atoms with van der Waals surface area (Å²) in [5.74, 6) is 0. The van der Waals surface area contributed by atoms with Crippen LogP contribution in [0.1, 0.15) is 33.1 Å². The molecular weight excluding hydrogens is 162 g/mol. The molecule has 1 heterocycles. The molecule has 1 aliphatic heterocycles. The number of rotatable bonds is 3. The van der Waals surface area contributed by atoms with Gasteiger partial charge in [0.2, 0.25) is 0 Å². The zero-order valence-electron chi connectivity index (χ0n) is 8.88. The molecule has 0 spiro atoms. The van der Waals surface area contributed by atoms with Gasteiger partial charge in [-0.2, -0.15) is 0 Å². The van der Waals surface area contributed by atoms with Crippen LogP contribution in [0.2, 0.25) is 0 Å². The zero-order chi connectivity index (χ0) is 9.31. The SMILES string of the molecule is CCC1(CN2CCOC[C@@H]2C)CC1. The fourth-order valence-electron chi connectivity index (χ4n) is 2.23. The van der Waals surface area contributed by atoms with Crippen molar-refractivity contribution in [3.05, 3.63) is 0 Å². The quantitative estimate of drug-likeness (QED) is 0.662. The predicted molar refractivity (Wildman–Crippen MR) is 53.8 cm³/mol. The lowest BCUT2D eigenvalue weighted by molar-refractivity contribution is -0.00973. The van der Waals surface area contributed by atoms with E-state index >= 15 is 0 Å². The number of hydrogen-bond donors (Lipinski definition) is 0. The van der Waals surface area contributed by atoms with Crippen LogP contribution in [0.25, 0.3) is 0 Å². The van der Waals surface area contributed by atoms with Crippen LogP contribution in [-0.2, 0) is 4.74 Å². The molecule has 2 aliphatic rings. The van der Waals surface area contributed by atoms with Crippen molar-refractivity contribution in [1.29, 1.82) is 0 Å². The van der Waals surface area contributed by atoms with Crippen molar-refractivity contribution in [2.45, 2.75) is 39.2 Å². The van der Waals surface area contributed by atoms with Gasteiger partial charge in [-0.15, -0.1) is 0 Å². The van der Waals surface area contributed by atoms with Gasteiger partial charge in [-0.25, -0.2) is 0 Å². The van der Waals surface area contributed by atoms with Gasteiger partial charge in [0.1, 0.15) is 0 Å². The Morgan fingerprint density at radius 3 is 2.77 bits per heavy atom. The van der Waals surface area contributed by atoms with Gasteiger partial charge >= 0.3 is 0 Å². The molecule has 2 fully saturated rings. The number of nitrogens with zero attached hydrogens (tertiary/aromatic N) is 1. The molecule has 0 bridgehead atoms. The minimum atomic E-state index is 0.637. The first-order chi connectivity index (χ1) is 6.26. The molecule has 76 valence electrons. The van der Waals surface area contributed by atoms with Crippen LogP contribution in [0.4, 0.5) is 0 Å². The number of morpholine rings is 1. The third-order valence-corrected chi connectivity index (χ3v) is 3.75. The first kappa shape index (κ1) is 9.47. The Morgan fingerprint density at radius 1 is 1.46 bits per heavy atom. The van der Waals surface area contributed by atoms with Crippen LogP contribution in [0.5, 0.6) is 0 Å². The molecule has 1 atom stereocenters. The van der Waals surface area contributed by atoms with Crippen molar-refractivity contribution in [3.8, 4) is 0 Å². The third kappa shape index (κ3) is 2.05. The molecule has 0 aromatic carbocycles. The van der Waals surface area contributed by atoms with Crippen LogP contribution < -0.4 is 0 Å². The lowest BCUT2D eigenvalue weighted by Crippen LogP contribution is -2.46. The Balaban J connectivity index is 1.85. The maximum absolute atomic E-state index is 5.44. The van der Waals surface area contributed by atoms with E-state index in [1.165, 1.54) is 25.8 Å². The summed E-state index contributed by atoms with van der Waals surface area (Å²) in [4.78, 5) is 2.61. The maximum Gasteiger partial charge on any atom is 0.0619 e. The molecule has 2 nitrogen and oxygen atoms in total. The summed E-state index contributed by atoms with van der Waals surface area (Å²) in [6.07, 6.45) is 4.26. The Kier molecular flexibility index (Phi) is 2.61. The standard InChI is InChI=1S/C11H21NO/c1-3-11(4-5-11)9-12-6-7-13-8-10(12)2/h10H,3-9H2,1-2H3/t10-/m0/s1. The van der Waals surface area contributed by atoms with E-state index in [1.807, 2.05) is 0 Å². The normalized spacial score (nSPS) is 33.2. The van der Waals surface area contributed by atoms with Crippen LogP contribution in [0.15, 0.2) is 0 Å². The second kappa shape index (κ2) is 3.58. The molecule has 0 aromatic heterocycles. The number of hydrogen-bond acceptors (Lipinski definition) is 2. The van der Waals surface area contributed by atoms with Crippen molar-refractivity contribution in [1.82, 2.24) is 4.90 Å². The van der Waals surface area contributed by atoms with Gasteiger partial charge in [-0.05, 0) is 31.6 Å². The van der Waals surface area contributed by atoms with Crippen molar-refractivity contribution in [3.63, 3.8) is 0 Å². The van der Waals surface area contributed by atoms with Crippen molar-refractivity contribution in [2.24, 2.45) is 5.41 Å². The van der Waals surface area contributed by atoms with Crippen molar-refractivity contribution < 1.29 is 4.74 Å². The summed E-state index contributed by atoms with van der Waals surface area (Å²) in [5, 5.41) is 0. The minimum Gasteiger partial charge on any atom is -0.379 e. The Hall–Kier alpha value is -0.0800. The van der Waals surface area contributed by atoms with E-state index in [4.69, 9.17) is 4.74 Å². The summed E-state index contributed by atoms with van der Waals surface area (Å²) in [5.41, 5.74) is 0.700. The Morgan fingerprint density at radius 2 is 2.23 bits per heavy atom. The van der Waals surface area contributed by atoms with Crippen molar-refractivity contribution >= 4 is 0 Å². The molecule has 0 N–H and O–H groups in total. The van der Waals surface area contributed by atoms with Gasteiger partial charge in [0.15, 0.2) is 0 Å². The van der Waals surface area contributed by atoms with E-state index in [1.54, 1.807) is 0 Å². The Bertz CT molecular complexity index is 177. The predicted octanol–water partition coefficient (Wildman–Crippen LogP) is 1.90. The lowest BCUT2D eigenvalue weighted by Gasteiger charge is -2.35. The summed E-state index contributed by atoms with van der Waals surface area (Å²) < 4.78 is 5.44. The first-order valence-corrected chi connectivity index (χ1v) is 5.57. The summed E-state index contributed by atoms with van der Waals surface area (Å²) >= 11 is 0. The second-order valence-corrected chi connectivity index (χ2v) is 4.75. The highest BCUT2D eigenvalue weighted by molar-refractivity contribution is 4.95. The van der Waals surface area contributed by atoms with E-state index in [-0.39, 0.29) is 0 Å². The highest BCUT2D eigenvalue weighted by Crippen LogP contribution is 2.49. The molecule has 1 saturated carbocycles. The fraction of sp³-hybridized carbons (Fsp3) is 1.00. The van der Waals surface area contributed by atoms with Gasteiger partial charge in [0.25, 0.3) is 0 Å². The maximum atomic E-state index is 5.44. The van der Waals surface area contributed by atoms with E-state index in [0.29, 0.717) is 11.5 Å². The smallest absolute Gasteiger partial charge is 0.0619 e. The largest absolute Gasteiger partial charge is 0.379 e. The van der Waals surface area contributed by atoms with E-state index in [0.717, 1.165) is 19.8 Å². The average Bonchev–Trinajstić information content (AvgIpc) is 2.90. The first-order valence-electron chi connectivity index (χ1n) is 5.57. The van der Waals surface area contributed by atoms with E-state index in [2.05, 4.69) is 18.7 Å². The van der Waals surface area contributed by atoms with Gasteiger partial charge in [-0.3, -0.25) is 4.90 Å². The third-order valence-electron chi connectivity index (χ3n) is 3.75. The van der Waals surface area contributed by atoms with Gasteiger partial charge in [-0.1, -0.05) is 6.92 Å². The fourth-order valence-corrected chi connectivity index (χ4v) is 2.23. The van der Waals surface area contributed by atoms with E-state index < -0.39 is 0 Å². The highest BCUT2D eigenvalue weighted by Gasteiger charge is 2.42. The lowest BCUT2D eigenvalue weighted by atomic mass is 10.0. The van der Waals surface area contributed by atoms with Gasteiger partial charge < -0.3 is 4.74 Å². The molecule has 0 amide bonds. The summed E-state index contributed by atoms with van der Waals surface area (Å²) in [7, 11) is 0. The molecule has 2 rings (SSSR count). The van der Waals surface area contributed by atoms with E-state index in [9.17, 15) is 0 Å². The molecule has 0 unspecified atom stereocenters. The van der Waals surface area contributed by atoms with Gasteiger partial charge in [0, 0.05) is 19.1 Å². The van der Waals surface area contributed by atoms with Gasteiger partial charge in [0.05, 0.1) is 13.2 Å². The molecule has 1 aliphatic carbocycles. The number of ether oxygens (including phenoxy) is 1. The molecular formula is C11H21NO. The van der Waals surface area contributed by atoms with Crippen LogP contribution in [0, 0.1) is 5.41 Å². The molecule has 0 radical (unpaired) electrons. The molecule has 0 aromatic rings. The van der Waals surface area contributed by atoms with Crippen LogP contribution >= 0.6 is 0 Å². The summed E-state index contributed by atoms with van der Waals surface area (Å²) in [6, 6.07) is 0.637. The second-order valence-electron chi connectivity index (χ2n) is 4.75. The Labute approximate surface area is 81.3 Å². The monoisotopic (exact) mass is 183 g/mol. The van der Waals surface area contributed by atoms with Crippen molar-refractivity contribution in [2.75, 3.05) is 26.3 Å². The molecule has 1 saturated heterocycles. The van der Waals surface area contributed by atoms with Crippen LogP contribution in [0.3, 0.4) is 0 Å². The molecule has 2 heteroatoms. The topological polar surface area (TPSA) is 12.5 Å². The summed E-state index contributed by atoms with van der Waals surface area (Å²) in [6.45, 7) is 8.93. The zero-order valence-corrected chi connectivity index (χ0v) is 8.88. The van der Waals surface area contributed by atoms with Crippen LogP contribution in [-0.4, -0.2) is 37.2 Å². The average molecular weight is 183 g/mol. The molecule has 13 heavy (non-hydrogen) atoms.